The Bertz CT molecular complexity index is 162. The maximum absolute atomic E-state index is 5.41. The Morgan fingerprint density at radius 2 is 2.25 bits per heavy atom. The molecule has 1 rings (SSSR count). The molecule has 0 spiro atoms. The normalized spacial score (nSPS) is 30.4. The van der Waals surface area contributed by atoms with E-state index in [4.69, 9.17) is 6.42 Å². The summed E-state index contributed by atoms with van der Waals surface area (Å²) in [6.45, 7) is 4.47. The van der Waals surface area contributed by atoms with Crippen molar-refractivity contribution in [2.45, 2.75) is 51.6 Å². The zero-order valence-electron chi connectivity index (χ0n) is 8.14. The fourth-order valence-electron chi connectivity index (χ4n) is 1.83. The SMILES string of the molecule is C#CC(CCC)NC1CC(C)C1. The van der Waals surface area contributed by atoms with Gasteiger partial charge >= 0.3 is 0 Å². The van der Waals surface area contributed by atoms with Crippen LogP contribution < -0.4 is 5.32 Å². The highest BCUT2D eigenvalue weighted by atomic mass is 15.0. The van der Waals surface area contributed by atoms with Crippen molar-refractivity contribution in [3.05, 3.63) is 0 Å². The Kier molecular flexibility index (Phi) is 3.62. The second-order valence-corrected chi connectivity index (χ2v) is 3.95. The Morgan fingerprint density at radius 3 is 2.67 bits per heavy atom. The highest BCUT2D eigenvalue weighted by Crippen LogP contribution is 2.26. The van der Waals surface area contributed by atoms with Crippen molar-refractivity contribution in [2.75, 3.05) is 0 Å². The van der Waals surface area contributed by atoms with Crippen molar-refractivity contribution in [3.8, 4) is 12.3 Å². The zero-order valence-corrected chi connectivity index (χ0v) is 8.14. The molecule has 1 heteroatoms. The standard InChI is InChI=1S/C11H19N/c1-4-6-10(5-2)12-11-7-9(3)8-11/h2,9-12H,4,6-8H2,1,3H3. The fraction of sp³-hybridized carbons (Fsp3) is 0.818. The van der Waals surface area contributed by atoms with Crippen molar-refractivity contribution in [1.29, 1.82) is 0 Å². The largest absolute Gasteiger partial charge is 0.301 e. The van der Waals surface area contributed by atoms with Crippen molar-refractivity contribution < 1.29 is 0 Å². The predicted molar refractivity (Wildman–Crippen MR) is 52.9 cm³/mol. The van der Waals surface area contributed by atoms with E-state index in [1.54, 1.807) is 0 Å². The van der Waals surface area contributed by atoms with Gasteiger partial charge in [0.2, 0.25) is 0 Å². The van der Waals surface area contributed by atoms with E-state index in [1.807, 2.05) is 0 Å². The van der Waals surface area contributed by atoms with Gasteiger partial charge in [-0.2, -0.15) is 0 Å². The summed E-state index contributed by atoms with van der Waals surface area (Å²) >= 11 is 0. The number of hydrogen-bond donors (Lipinski definition) is 1. The van der Waals surface area contributed by atoms with Crippen molar-refractivity contribution in [1.82, 2.24) is 5.32 Å². The van der Waals surface area contributed by atoms with Gasteiger partial charge in [-0.25, -0.2) is 0 Å². The van der Waals surface area contributed by atoms with Gasteiger partial charge in [0, 0.05) is 6.04 Å². The van der Waals surface area contributed by atoms with E-state index < -0.39 is 0 Å². The molecule has 12 heavy (non-hydrogen) atoms. The smallest absolute Gasteiger partial charge is 0.0688 e. The minimum Gasteiger partial charge on any atom is -0.301 e. The first-order valence-electron chi connectivity index (χ1n) is 4.98. The van der Waals surface area contributed by atoms with E-state index in [-0.39, 0.29) is 0 Å². The molecule has 68 valence electrons. The third-order valence-corrected chi connectivity index (χ3v) is 2.59. The molecular weight excluding hydrogens is 146 g/mol. The Morgan fingerprint density at radius 1 is 1.58 bits per heavy atom. The van der Waals surface area contributed by atoms with Gasteiger partial charge in [-0.15, -0.1) is 6.42 Å². The lowest BCUT2D eigenvalue weighted by atomic mass is 9.81. The van der Waals surface area contributed by atoms with E-state index in [9.17, 15) is 0 Å². The summed E-state index contributed by atoms with van der Waals surface area (Å²) in [7, 11) is 0. The average molecular weight is 165 g/mol. The summed E-state index contributed by atoms with van der Waals surface area (Å²) in [5.41, 5.74) is 0. The molecule has 1 fully saturated rings. The van der Waals surface area contributed by atoms with Gasteiger partial charge in [0.1, 0.15) is 0 Å². The third-order valence-electron chi connectivity index (χ3n) is 2.59. The van der Waals surface area contributed by atoms with Crippen LogP contribution in [-0.2, 0) is 0 Å². The van der Waals surface area contributed by atoms with Crippen LogP contribution in [0.1, 0.15) is 39.5 Å². The molecule has 0 aliphatic heterocycles. The van der Waals surface area contributed by atoms with Gasteiger partial charge in [-0.3, -0.25) is 0 Å². The van der Waals surface area contributed by atoms with Gasteiger partial charge in [-0.1, -0.05) is 26.2 Å². The number of hydrogen-bond acceptors (Lipinski definition) is 1. The summed E-state index contributed by atoms with van der Waals surface area (Å²) in [5, 5.41) is 3.50. The average Bonchev–Trinajstić information content (AvgIpc) is 2.00. The fourth-order valence-corrected chi connectivity index (χ4v) is 1.83. The quantitative estimate of drug-likeness (QED) is 0.630. The minimum atomic E-state index is 0.312. The van der Waals surface area contributed by atoms with Gasteiger partial charge < -0.3 is 5.32 Å². The van der Waals surface area contributed by atoms with E-state index >= 15 is 0 Å². The Balaban J connectivity index is 2.16. The van der Waals surface area contributed by atoms with Crippen molar-refractivity contribution in [2.24, 2.45) is 5.92 Å². The molecule has 1 saturated carbocycles. The van der Waals surface area contributed by atoms with Gasteiger partial charge in [0.15, 0.2) is 0 Å². The lowest BCUT2D eigenvalue weighted by molar-refractivity contribution is 0.230. The molecule has 1 aliphatic rings. The maximum Gasteiger partial charge on any atom is 0.0688 e. The molecule has 1 nitrogen and oxygen atoms in total. The first-order valence-corrected chi connectivity index (χ1v) is 4.98. The van der Waals surface area contributed by atoms with E-state index in [1.165, 1.54) is 19.3 Å². The molecule has 0 aromatic carbocycles. The van der Waals surface area contributed by atoms with Crippen molar-refractivity contribution in [3.63, 3.8) is 0 Å². The highest BCUT2D eigenvalue weighted by molar-refractivity contribution is 5.01. The van der Waals surface area contributed by atoms with Crippen LogP contribution in [0.3, 0.4) is 0 Å². The molecule has 0 aromatic heterocycles. The molecule has 0 radical (unpaired) electrons. The van der Waals surface area contributed by atoms with Crippen LogP contribution in [0.15, 0.2) is 0 Å². The van der Waals surface area contributed by atoms with E-state index in [0.717, 1.165) is 12.3 Å². The number of terminal acetylenes is 1. The van der Waals surface area contributed by atoms with Crippen LogP contribution in [0, 0.1) is 18.3 Å². The topological polar surface area (TPSA) is 12.0 Å². The molecule has 0 aromatic rings. The summed E-state index contributed by atoms with van der Waals surface area (Å²) in [6.07, 6.45) is 10.3. The van der Waals surface area contributed by atoms with Gasteiger partial charge in [0.25, 0.3) is 0 Å². The molecule has 0 heterocycles. The zero-order chi connectivity index (χ0) is 8.97. The minimum absolute atomic E-state index is 0.312. The lowest BCUT2D eigenvalue weighted by Crippen LogP contribution is -2.45. The second-order valence-electron chi connectivity index (χ2n) is 3.95. The van der Waals surface area contributed by atoms with Gasteiger partial charge in [-0.05, 0) is 25.2 Å². The lowest BCUT2D eigenvalue weighted by Gasteiger charge is -2.35. The number of nitrogens with one attached hydrogen (secondary N) is 1. The molecule has 1 aliphatic carbocycles. The monoisotopic (exact) mass is 165 g/mol. The molecular formula is C11H19N. The summed E-state index contributed by atoms with van der Waals surface area (Å²) in [4.78, 5) is 0. The first kappa shape index (κ1) is 9.61. The van der Waals surface area contributed by atoms with E-state index in [2.05, 4.69) is 25.1 Å². The predicted octanol–water partition coefficient (Wildman–Crippen LogP) is 2.18. The maximum atomic E-state index is 5.41. The van der Waals surface area contributed by atoms with Crippen LogP contribution >= 0.6 is 0 Å². The number of rotatable bonds is 4. The van der Waals surface area contributed by atoms with Gasteiger partial charge in [0.05, 0.1) is 6.04 Å². The molecule has 1 atom stereocenters. The van der Waals surface area contributed by atoms with E-state index in [0.29, 0.717) is 12.1 Å². The molecule has 0 saturated heterocycles. The molecule has 0 amide bonds. The summed E-state index contributed by atoms with van der Waals surface area (Å²) in [5.74, 6) is 3.71. The second kappa shape index (κ2) is 4.52. The first-order chi connectivity index (χ1) is 5.76. The third kappa shape index (κ3) is 2.53. The van der Waals surface area contributed by atoms with Crippen molar-refractivity contribution >= 4 is 0 Å². The molecule has 0 bridgehead atoms. The summed E-state index contributed by atoms with van der Waals surface area (Å²) in [6, 6.07) is 1.01. The molecule has 1 unspecified atom stereocenters. The van der Waals surface area contributed by atoms with Crippen LogP contribution in [0.2, 0.25) is 0 Å². The van der Waals surface area contributed by atoms with Crippen LogP contribution in [0.25, 0.3) is 0 Å². The Labute approximate surface area is 75.9 Å². The highest BCUT2D eigenvalue weighted by Gasteiger charge is 2.26. The van der Waals surface area contributed by atoms with Crippen LogP contribution in [0.5, 0.6) is 0 Å². The van der Waals surface area contributed by atoms with Crippen LogP contribution in [0.4, 0.5) is 0 Å². The molecule has 1 N–H and O–H groups in total. The van der Waals surface area contributed by atoms with Crippen LogP contribution in [-0.4, -0.2) is 12.1 Å². The Hall–Kier alpha value is -0.480. The summed E-state index contributed by atoms with van der Waals surface area (Å²) < 4.78 is 0.